The molecule has 0 saturated carbocycles. The van der Waals surface area contributed by atoms with Crippen LogP contribution < -0.4 is 0 Å². The molecule has 0 aliphatic rings. The van der Waals surface area contributed by atoms with E-state index in [1.54, 1.807) is 0 Å². The summed E-state index contributed by atoms with van der Waals surface area (Å²) in [6, 6.07) is 0. The van der Waals surface area contributed by atoms with Crippen LogP contribution in [-0.4, -0.2) is 37.2 Å². The minimum atomic E-state index is -0.795. The first-order valence-electron chi connectivity index (χ1n) is 34.4. The highest BCUT2D eigenvalue weighted by molar-refractivity contribution is 5.71. The van der Waals surface area contributed by atoms with Crippen LogP contribution in [0.2, 0.25) is 0 Å². The summed E-state index contributed by atoms with van der Waals surface area (Å²) in [7, 11) is 0. The van der Waals surface area contributed by atoms with E-state index >= 15 is 0 Å². The van der Waals surface area contributed by atoms with E-state index in [0.29, 0.717) is 19.3 Å². The van der Waals surface area contributed by atoms with Gasteiger partial charge in [0.25, 0.3) is 0 Å². The van der Waals surface area contributed by atoms with Crippen molar-refractivity contribution in [1.82, 2.24) is 0 Å². The zero-order chi connectivity index (χ0) is 58.5. The maximum absolute atomic E-state index is 12.9. The summed E-state index contributed by atoms with van der Waals surface area (Å²) in [5.74, 6) is -0.907. The van der Waals surface area contributed by atoms with Crippen molar-refractivity contribution in [1.29, 1.82) is 0 Å². The summed E-state index contributed by atoms with van der Waals surface area (Å²) in [6.45, 7) is 6.49. The molecule has 6 heteroatoms. The van der Waals surface area contributed by atoms with Crippen LogP contribution in [0.25, 0.3) is 0 Å². The Morgan fingerprint density at radius 2 is 0.481 bits per heavy atom. The van der Waals surface area contributed by atoms with Crippen molar-refractivity contribution in [3.8, 4) is 0 Å². The van der Waals surface area contributed by atoms with E-state index in [1.807, 2.05) is 0 Å². The molecule has 0 bridgehead atoms. The number of carbonyl (C=O) groups excluding carboxylic acids is 3. The number of hydrogen-bond donors (Lipinski definition) is 0. The summed E-state index contributed by atoms with van der Waals surface area (Å²) < 4.78 is 16.9. The molecule has 0 amide bonds. The molecule has 1 unspecified atom stereocenters. The average molecular weight is 1130 g/mol. The van der Waals surface area contributed by atoms with Gasteiger partial charge in [-0.15, -0.1) is 0 Å². The van der Waals surface area contributed by atoms with Crippen molar-refractivity contribution >= 4 is 17.9 Å². The van der Waals surface area contributed by atoms with Crippen molar-refractivity contribution in [2.24, 2.45) is 0 Å². The molecule has 0 aromatic carbocycles. The van der Waals surface area contributed by atoms with Crippen molar-refractivity contribution in [2.75, 3.05) is 13.2 Å². The van der Waals surface area contributed by atoms with Crippen LogP contribution in [0.4, 0.5) is 0 Å². The largest absolute Gasteiger partial charge is 0.462 e. The molecule has 0 rings (SSSR count). The van der Waals surface area contributed by atoms with Gasteiger partial charge < -0.3 is 14.2 Å². The third-order valence-corrected chi connectivity index (χ3v) is 14.7. The van der Waals surface area contributed by atoms with Gasteiger partial charge in [-0.3, -0.25) is 14.4 Å². The SMILES string of the molecule is CC/C=C\C/C=C\C/C=C\C/C=C\CCCCCCCCC(=O)OC(COC(=O)CCCCCCC/C=C\C/C=C\CCCCC)COC(=O)CCCCCCCCCCCCCCCC/C=C\C/C=C\C/C=C\CCCCCCC. The molecular formula is C75H128O6. The van der Waals surface area contributed by atoms with Crippen molar-refractivity contribution in [3.63, 3.8) is 0 Å². The van der Waals surface area contributed by atoms with Gasteiger partial charge in [0, 0.05) is 19.3 Å². The fourth-order valence-electron chi connectivity index (χ4n) is 9.59. The van der Waals surface area contributed by atoms with Crippen molar-refractivity contribution < 1.29 is 28.6 Å². The molecule has 0 aliphatic carbocycles. The van der Waals surface area contributed by atoms with Gasteiger partial charge in [0.15, 0.2) is 6.10 Å². The van der Waals surface area contributed by atoms with Gasteiger partial charge in [0.1, 0.15) is 13.2 Å². The van der Waals surface area contributed by atoms with Crippen LogP contribution in [-0.2, 0) is 28.6 Å². The van der Waals surface area contributed by atoms with Gasteiger partial charge >= 0.3 is 17.9 Å². The normalized spacial score (nSPS) is 12.8. The lowest BCUT2D eigenvalue weighted by atomic mass is 10.0. The van der Waals surface area contributed by atoms with Gasteiger partial charge in [-0.2, -0.15) is 0 Å². The molecule has 0 aliphatic heterocycles. The van der Waals surface area contributed by atoms with Gasteiger partial charge in [-0.05, 0) is 128 Å². The third kappa shape index (κ3) is 66.8. The Kier molecular flexibility index (Phi) is 65.2. The summed E-state index contributed by atoms with van der Waals surface area (Å²) in [6.07, 6.45) is 93.9. The van der Waals surface area contributed by atoms with Crippen LogP contribution >= 0.6 is 0 Å². The van der Waals surface area contributed by atoms with E-state index < -0.39 is 6.10 Å². The number of esters is 3. The molecule has 464 valence electrons. The van der Waals surface area contributed by atoms with Crippen LogP contribution in [0.5, 0.6) is 0 Å². The zero-order valence-electron chi connectivity index (χ0n) is 53.3. The molecule has 6 nitrogen and oxygen atoms in total. The molecule has 0 fully saturated rings. The lowest BCUT2D eigenvalue weighted by molar-refractivity contribution is -0.167. The maximum Gasteiger partial charge on any atom is 0.306 e. The van der Waals surface area contributed by atoms with E-state index in [0.717, 1.165) is 135 Å². The molecule has 0 radical (unpaired) electrons. The first kappa shape index (κ1) is 77.1. The molecule has 81 heavy (non-hydrogen) atoms. The highest BCUT2D eigenvalue weighted by Crippen LogP contribution is 2.16. The highest BCUT2D eigenvalue weighted by atomic mass is 16.6. The topological polar surface area (TPSA) is 78.9 Å². The minimum absolute atomic E-state index is 0.0886. The van der Waals surface area contributed by atoms with Crippen molar-refractivity contribution in [3.05, 3.63) is 109 Å². The van der Waals surface area contributed by atoms with Gasteiger partial charge in [0.2, 0.25) is 0 Å². The summed E-state index contributed by atoms with van der Waals surface area (Å²) in [5, 5.41) is 0. The fourth-order valence-corrected chi connectivity index (χ4v) is 9.59. The first-order chi connectivity index (χ1) is 40.0. The number of rotatable bonds is 62. The second-order valence-electron chi connectivity index (χ2n) is 22.7. The first-order valence-corrected chi connectivity index (χ1v) is 34.4. The third-order valence-electron chi connectivity index (χ3n) is 14.7. The Morgan fingerprint density at radius 3 is 0.778 bits per heavy atom. The Hall–Kier alpha value is -3.93. The predicted octanol–water partition coefficient (Wildman–Crippen LogP) is 23.8. The van der Waals surface area contributed by atoms with Gasteiger partial charge in [-0.1, -0.05) is 291 Å². The van der Waals surface area contributed by atoms with E-state index in [4.69, 9.17) is 14.2 Å². The van der Waals surface area contributed by atoms with Gasteiger partial charge in [0.05, 0.1) is 0 Å². The van der Waals surface area contributed by atoms with Crippen LogP contribution in [0.3, 0.4) is 0 Å². The quantitative estimate of drug-likeness (QED) is 0.0261. The van der Waals surface area contributed by atoms with E-state index in [2.05, 4.69) is 130 Å². The van der Waals surface area contributed by atoms with Crippen LogP contribution in [0.1, 0.15) is 329 Å². The maximum atomic E-state index is 12.9. The zero-order valence-corrected chi connectivity index (χ0v) is 53.3. The Bertz CT molecular complexity index is 1620. The summed E-state index contributed by atoms with van der Waals surface area (Å²) >= 11 is 0. The minimum Gasteiger partial charge on any atom is -0.462 e. The fraction of sp³-hybridized carbons (Fsp3) is 0.720. The van der Waals surface area contributed by atoms with Crippen molar-refractivity contribution in [2.45, 2.75) is 335 Å². The smallest absolute Gasteiger partial charge is 0.306 e. The van der Waals surface area contributed by atoms with Gasteiger partial charge in [-0.25, -0.2) is 0 Å². The Labute approximate surface area is 501 Å². The monoisotopic (exact) mass is 1120 g/mol. The molecule has 0 aromatic rings. The Balaban J connectivity index is 4.32. The number of carbonyl (C=O) groups is 3. The molecule has 0 spiro atoms. The molecule has 1 atom stereocenters. The highest BCUT2D eigenvalue weighted by Gasteiger charge is 2.19. The molecule has 0 aromatic heterocycles. The van der Waals surface area contributed by atoms with Crippen LogP contribution in [0.15, 0.2) is 109 Å². The molecule has 0 saturated heterocycles. The number of unbranched alkanes of at least 4 members (excludes halogenated alkanes) is 33. The average Bonchev–Trinajstić information content (AvgIpc) is 3.47. The second kappa shape index (κ2) is 68.6. The molecule has 0 N–H and O–H groups in total. The standard InChI is InChI=1S/C75H128O6/c1-4-7-10-13-16-19-22-25-28-30-32-33-34-35-36-37-38-39-40-41-43-44-47-50-53-56-59-62-65-68-74(77)80-71-72(70-79-73(76)67-64-61-58-55-52-49-46-27-24-21-18-15-12-9-6-3)81-75(78)69-66-63-60-57-54-51-48-45-42-31-29-26-23-20-17-14-11-8-5-2/h8,11,17-18,20-22,25-27,29-30,32,34-35,42,45-46,72H,4-7,9-10,12-16,19,23-24,28,31,33,36-41,43-44,47-71H2,1-3H3/b11-8-,20-17-,21-18-,25-22-,29-26-,32-30-,35-34-,45-42-,46-27-. The molecular weight excluding hydrogens is 997 g/mol. The second-order valence-corrected chi connectivity index (χ2v) is 22.7. The lowest BCUT2D eigenvalue weighted by Gasteiger charge is -2.18. The van der Waals surface area contributed by atoms with E-state index in [-0.39, 0.29) is 31.1 Å². The predicted molar refractivity (Wildman–Crippen MR) is 353 cm³/mol. The van der Waals surface area contributed by atoms with Crippen LogP contribution in [0, 0.1) is 0 Å². The Morgan fingerprint density at radius 1 is 0.259 bits per heavy atom. The summed E-state index contributed by atoms with van der Waals surface area (Å²) in [5.41, 5.74) is 0. The molecule has 0 heterocycles. The number of allylic oxidation sites excluding steroid dienone is 18. The lowest BCUT2D eigenvalue weighted by Crippen LogP contribution is -2.30. The number of ether oxygens (including phenoxy) is 3. The van der Waals surface area contributed by atoms with E-state index in [1.165, 1.54) is 154 Å². The van der Waals surface area contributed by atoms with E-state index in [9.17, 15) is 14.4 Å². The summed E-state index contributed by atoms with van der Waals surface area (Å²) in [4.78, 5) is 38.4. The number of hydrogen-bond acceptors (Lipinski definition) is 6.